The molecule has 2 rings (SSSR count). The number of thiazole rings is 1. The van der Waals surface area contributed by atoms with Gasteiger partial charge >= 0.3 is 0 Å². The molecular formula is C15H26N4S. The molecule has 4 nitrogen and oxygen atoms in total. The molecule has 0 amide bonds. The molecule has 5 heteroatoms. The molecule has 20 heavy (non-hydrogen) atoms. The van der Waals surface area contributed by atoms with Crippen molar-refractivity contribution >= 4 is 17.3 Å². The number of piperidine rings is 1. The van der Waals surface area contributed by atoms with Crippen molar-refractivity contribution in [3.8, 4) is 0 Å². The fourth-order valence-electron chi connectivity index (χ4n) is 2.60. The molecule has 0 spiro atoms. The molecule has 0 aliphatic carbocycles. The van der Waals surface area contributed by atoms with Gasteiger partial charge in [0.15, 0.2) is 5.96 Å². The molecule has 0 saturated carbocycles. The topological polar surface area (TPSA) is 54.5 Å². The zero-order valence-corrected chi connectivity index (χ0v) is 13.5. The van der Waals surface area contributed by atoms with Crippen molar-refractivity contribution in [1.29, 1.82) is 0 Å². The molecule has 1 aromatic rings. The number of rotatable bonds is 5. The molecule has 1 aliphatic heterocycles. The number of guanidine groups is 1. The molecule has 112 valence electrons. The summed E-state index contributed by atoms with van der Waals surface area (Å²) in [4.78, 5) is 11.2. The maximum absolute atomic E-state index is 6.07. The molecular weight excluding hydrogens is 268 g/mol. The molecule has 1 aliphatic rings. The molecule has 1 unspecified atom stereocenters. The van der Waals surface area contributed by atoms with E-state index in [0.717, 1.165) is 56.5 Å². The van der Waals surface area contributed by atoms with Gasteiger partial charge in [0.1, 0.15) is 0 Å². The molecule has 0 bridgehead atoms. The van der Waals surface area contributed by atoms with E-state index in [9.17, 15) is 0 Å². The highest BCUT2D eigenvalue weighted by Crippen LogP contribution is 2.15. The summed E-state index contributed by atoms with van der Waals surface area (Å²) >= 11 is 1.76. The molecule has 1 saturated heterocycles. The second-order valence-corrected chi connectivity index (χ2v) is 6.72. The average molecular weight is 294 g/mol. The summed E-state index contributed by atoms with van der Waals surface area (Å²) in [6.07, 6.45) is 5.84. The quantitative estimate of drug-likeness (QED) is 0.516. The molecule has 1 aromatic heterocycles. The van der Waals surface area contributed by atoms with Crippen LogP contribution in [0, 0.1) is 12.8 Å². The Bertz CT molecular complexity index is 441. The summed E-state index contributed by atoms with van der Waals surface area (Å²) in [5, 5.41) is 3.35. The Morgan fingerprint density at radius 3 is 3.10 bits per heavy atom. The van der Waals surface area contributed by atoms with Gasteiger partial charge in [0.05, 0.1) is 5.01 Å². The number of nitrogens with two attached hydrogens (primary N) is 1. The van der Waals surface area contributed by atoms with Gasteiger partial charge in [0.25, 0.3) is 0 Å². The maximum atomic E-state index is 6.07. The number of hydrogen-bond acceptors (Lipinski definition) is 3. The van der Waals surface area contributed by atoms with E-state index in [4.69, 9.17) is 5.73 Å². The lowest BCUT2D eigenvalue weighted by Crippen LogP contribution is -2.43. The second kappa shape index (κ2) is 7.62. The number of nitrogens with zero attached hydrogens (tertiary/aromatic N) is 3. The summed E-state index contributed by atoms with van der Waals surface area (Å²) in [5.41, 5.74) is 7.20. The van der Waals surface area contributed by atoms with Crippen LogP contribution in [0.4, 0.5) is 0 Å². The fourth-order valence-corrected chi connectivity index (χ4v) is 3.41. The largest absolute Gasteiger partial charge is 0.370 e. The second-order valence-electron chi connectivity index (χ2n) is 5.77. The van der Waals surface area contributed by atoms with Crippen molar-refractivity contribution < 1.29 is 0 Å². The van der Waals surface area contributed by atoms with E-state index in [1.807, 2.05) is 6.92 Å². The smallest absolute Gasteiger partial charge is 0.191 e. The van der Waals surface area contributed by atoms with Crippen molar-refractivity contribution in [3.05, 3.63) is 16.1 Å². The summed E-state index contributed by atoms with van der Waals surface area (Å²) in [6, 6.07) is 0. The zero-order chi connectivity index (χ0) is 14.4. The van der Waals surface area contributed by atoms with Gasteiger partial charge in [-0.2, -0.15) is 0 Å². The van der Waals surface area contributed by atoms with E-state index in [1.54, 1.807) is 11.3 Å². The number of aryl methyl sites for hydroxylation is 2. The predicted molar refractivity (Wildman–Crippen MR) is 86.2 cm³/mol. The van der Waals surface area contributed by atoms with Gasteiger partial charge in [-0.1, -0.05) is 6.92 Å². The van der Waals surface area contributed by atoms with Crippen LogP contribution in [-0.2, 0) is 6.42 Å². The standard InChI is InChI=1S/C15H26N4S/c1-12-6-5-9-19(10-12)15(16)17-8-4-3-7-14-18-13(2)11-20-14/h11-12H,3-10H2,1-2H3,(H2,16,17). The van der Waals surface area contributed by atoms with Gasteiger partial charge in [0, 0.05) is 30.7 Å². The van der Waals surface area contributed by atoms with Crippen LogP contribution in [0.15, 0.2) is 10.4 Å². The third-order valence-electron chi connectivity index (χ3n) is 3.72. The third kappa shape index (κ3) is 4.78. The Kier molecular flexibility index (Phi) is 5.83. The highest BCUT2D eigenvalue weighted by molar-refractivity contribution is 7.09. The lowest BCUT2D eigenvalue weighted by molar-refractivity contribution is 0.270. The number of aliphatic imine (C=N–C) groups is 1. The van der Waals surface area contributed by atoms with Crippen molar-refractivity contribution in [2.45, 2.75) is 46.0 Å². The van der Waals surface area contributed by atoms with E-state index < -0.39 is 0 Å². The SMILES string of the molecule is Cc1csc(CCCCN=C(N)N2CCCC(C)C2)n1. The molecule has 0 radical (unpaired) electrons. The van der Waals surface area contributed by atoms with Gasteiger partial charge in [-0.05, 0) is 44.9 Å². The van der Waals surface area contributed by atoms with E-state index in [1.165, 1.54) is 17.8 Å². The minimum absolute atomic E-state index is 0.738. The normalized spacial score (nSPS) is 20.4. The summed E-state index contributed by atoms with van der Waals surface area (Å²) < 4.78 is 0. The minimum Gasteiger partial charge on any atom is -0.370 e. The summed E-state index contributed by atoms with van der Waals surface area (Å²) in [5.74, 6) is 1.48. The zero-order valence-electron chi connectivity index (χ0n) is 12.6. The van der Waals surface area contributed by atoms with Crippen molar-refractivity contribution in [2.24, 2.45) is 16.6 Å². The lowest BCUT2D eigenvalue weighted by atomic mass is 10.0. The van der Waals surface area contributed by atoms with Gasteiger partial charge in [0.2, 0.25) is 0 Å². The van der Waals surface area contributed by atoms with Gasteiger partial charge in [-0.25, -0.2) is 4.98 Å². The minimum atomic E-state index is 0.738. The molecule has 1 fully saturated rings. The van der Waals surface area contributed by atoms with Gasteiger partial charge < -0.3 is 10.6 Å². The van der Waals surface area contributed by atoms with E-state index in [2.05, 4.69) is 27.2 Å². The maximum Gasteiger partial charge on any atom is 0.191 e. The Hall–Kier alpha value is -1.10. The first-order chi connectivity index (χ1) is 9.65. The fraction of sp³-hybridized carbons (Fsp3) is 0.733. The molecule has 0 aromatic carbocycles. The number of likely N-dealkylation sites (tertiary alicyclic amines) is 1. The monoisotopic (exact) mass is 294 g/mol. The van der Waals surface area contributed by atoms with Gasteiger partial charge in [-0.3, -0.25) is 4.99 Å². The van der Waals surface area contributed by atoms with Crippen LogP contribution in [0.25, 0.3) is 0 Å². The van der Waals surface area contributed by atoms with Crippen LogP contribution < -0.4 is 5.73 Å². The van der Waals surface area contributed by atoms with E-state index in [-0.39, 0.29) is 0 Å². The van der Waals surface area contributed by atoms with Gasteiger partial charge in [-0.15, -0.1) is 11.3 Å². The van der Waals surface area contributed by atoms with E-state index in [0.29, 0.717) is 0 Å². The van der Waals surface area contributed by atoms with Crippen LogP contribution in [0.1, 0.15) is 43.3 Å². The van der Waals surface area contributed by atoms with Crippen molar-refractivity contribution in [2.75, 3.05) is 19.6 Å². The average Bonchev–Trinajstić information content (AvgIpc) is 2.84. The summed E-state index contributed by atoms with van der Waals surface area (Å²) in [6.45, 7) is 7.30. The number of hydrogen-bond donors (Lipinski definition) is 1. The summed E-state index contributed by atoms with van der Waals surface area (Å²) in [7, 11) is 0. The first-order valence-electron chi connectivity index (χ1n) is 7.61. The highest BCUT2D eigenvalue weighted by Gasteiger charge is 2.17. The Balaban J connectivity index is 1.65. The van der Waals surface area contributed by atoms with E-state index >= 15 is 0 Å². The predicted octanol–water partition coefficient (Wildman–Crippen LogP) is 2.82. The number of unbranched alkanes of at least 4 members (excludes halogenated alkanes) is 1. The molecule has 1 atom stereocenters. The van der Waals surface area contributed by atoms with Crippen LogP contribution in [0.2, 0.25) is 0 Å². The Labute approximate surface area is 126 Å². The first-order valence-corrected chi connectivity index (χ1v) is 8.49. The Morgan fingerprint density at radius 2 is 2.40 bits per heavy atom. The number of aromatic nitrogens is 1. The molecule has 2 heterocycles. The van der Waals surface area contributed by atoms with Crippen LogP contribution in [-0.4, -0.2) is 35.5 Å². The first kappa shape index (κ1) is 15.3. The van der Waals surface area contributed by atoms with Crippen molar-refractivity contribution in [3.63, 3.8) is 0 Å². The van der Waals surface area contributed by atoms with Crippen LogP contribution >= 0.6 is 11.3 Å². The van der Waals surface area contributed by atoms with Crippen LogP contribution in [0.3, 0.4) is 0 Å². The lowest BCUT2D eigenvalue weighted by Gasteiger charge is -2.31. The van der Waals surface area contributed by atoms with Crippen LogP contribution in [0.5, 0.6) is 0 Å². The third-order valence-corrected chi connectivity index (χ3v) is 4.75. The Morgan fingerprint density at radius 1 is 1.55 bits per heavy atom. The van der Waals surface area contributed by atoms with Crippen molar-refractivity contribution in [1.82, 2.24) is 9.88 Å². The highest BCUT2D eigenvalue weighted by atomic mass is 32.1. The molecule has 2 N–H and O–H groups in total.